The normalized spacial score (nSPS) is 14.0. The number of hydrogen-bond donors (Lipinski definition) is 1. The minimum Gasteiger partial charge on any atom is -0.274 e. The van der Waals surface area contributed by atoms with Crippen molar-refractivity contribution in [3.05, 3.63) is 66.2 Å². The van der Waals surface area contributed by atoms with Gasteiger partial charge in [-0.25, -0.2) is 13.1 Å². The fourth-order valence-electron chi connectivity index (χ4n) is 1.42. The molecule has 0 saturated heterocycles. The highest BCUT2D eigenvalue weighted by atomic mass is 32.2. The van der Waals surface area contributed by atoms with Gasteiger partial charge in [-0.15, -0.1) is 0 Å². The first-order valence-corrected chi connectivity index (χ1v) is 6.91. The molecule has 0 fully saturated rings. The van der Waals surface area contributed by atoms with Gasteiger partial charge in [0, 0.05) is 2.74 Å². The van der Waals surface area contributed by atoms with Gasteiger partial charge in [0.05, 0.1) is 11.3 Å². The van der Waals surface area contributed by atoms with E-state index in [-0.39, 0.29) is 15.2 Å². The summed E-state index contributed by atoms with van der Waals surface area (Å²) in [5, 5.41) is 0. The molecule has 1 amide bonds. The van der Waals surface area contributed by atoms with E-state index in [1.165, 1.54) is 48.5 Å². The second-order valence-electron chi connectivity index (χ2n) is 3.68. The topological polar surface area (TPSA) is 63.2 Å². The van der Waals surface area contributed by atoms with E-state index in [2.05, 4.69) is 0 Å². The van der Waals surface area contributed by atoms with Gasteiger partial charge >= 0.3 is 0 Å². The van der Waals surface area contributed by atoms with E-state index in [1.54, 1.807) is 12.1 Å². The van der Waals surface area contributed by atoms with Crippen molar-refractivity contribution in [2.24, 2.45) is 0 Å². The number of benzene rings is 2. The Kier molecular flexibility index (Phi) is 2.91. The third kappa shape index (κ3) is 3.66. The van der Waals surface area contributed by atoms with Crippen LogP contribution in [0, 0.1) is 0 Å². The number of nitrogens with one attached hydrogen (secondary N) is 1. The van der Waals surface area contributed by atoms with E-state index in [4.69, 9.17) is 4.15 Å². The van der Waals surface area contributed by atoms with Crippen LogP contribution in [0.25, 0.3) is 0 Å². The van der Waals surface area contributed by atoms with Gasteiger partial charge in [-0.2, -0.15) is 0 Å². The molecule has 0 aliphatic rings. The third-order valence-corrected chi connectivity index (χ3v) is 3.54. The lowest BCUT2D eigenvalue weighted by molar-refractivity contribution is -0.118. The third-order valence-electron chi connectivity index (χ3n) is 2.27. The molecule has 0 atom stereocenters. The molecule has 5 heteroatoms. The fourth-order valence-corrected chi connectivity index (χ4v) is 2.29. The molecule has 2 rings (SSSR count). The van der Waals surface area contributed by atoms with Crippen LogP contribution in [-0.4, -0.2) is 14.3 Å². The standard InChI is InChI=1S/C14H13NO3S/c16-14(11-12-7-3-1-4-8-12)15-19(17,18)13-9-5-2-6-10-13/h1-10H,11H2,(H,15,16)/i11D2/hD. The quantitative estimate of drug-likeness (QED) is 0.926. The van der Waals surface area contributed by atoms with Crippen molar-refractivity contribution in [2.75, 3.05) is 0 Å². The molecule has 0 radical (unpaired) electrons. The second-order valence-corrected chi connectivity index (χ2v) is 5.28. The predicted molar refractivity (Wildman–Crippen MR) is 71.9 cm³/mol. The van der Waals surface area contributed by atoms with E-state index >= 15 is 0 Å². The average Bonchev–Trinajstić information content (AvgIpc) is 2.55. The van der Waals surface area contributed by atoms with Crippen LogP contribution in [-0.2, 0) is 21.2 Å². The van der Waals surface area contributed by atoms with Crippen molar-refractivity contribution in [2.45, 2.75) is 11.3 Å². The summed E-state index contributed by atoms with van der Waals surface area (Å²) in [5.41, 5.74) is -0.0134. The van der Waals surface area contributed by atoms with Gasteiger partial charge in [0.2, 0.25) is 5.91 Å². The van der Waals surface area contributed by atoms with Crippen LogP contribution in [0.1, 0.15) is 8.30 Å². The molecule has 0 bridgehead atoms. The molecular formula is C14H13NO3S. The van der Waals surface area contributed by atoms with E-state index in [9.17, 15) is 13.2 Å². The number of rotatable bonds is 4. The smallest absolute Gasteiger partial charge is 0.264 e. The Balaban J connectivity index is 2.37. The van der Waals surface area contributed by atoms with E-state index in [0.29, 0.717) is 0 Å². The Labute approximate surface area is 116 Å². The summed E-state index contributed by atoms with van der Waals surface area (Å²) in [6, 6.07) is 14.4. The maximum absolute atomic E-state index is 12.2. The molecular weight excluding hydrogens is 262 g/mol. The lowest BCUT2D eigenvalue weighted by Crippen LogP contribution is -2.31. The van der Waals surface area contributed by atoms with Crippen LogP contribution in [0.2, 0.25) is 1.41 Å². The zero-order valence-electron chi connectivity index (χ0n) is 12.9. The summed E-state index contributed by atoms with van der Waals surface area (Å²) in [4.78, 5) is 11.9. The van der Waals surface area contributed by atoms with Gasteiger partial charge in [-0.05, 0) is 17.7 Å². The largest absolute Gasteiger partial charge is 0.274 e. The summed E-state index contributed by atoms with van der Waals surface area (Å²) in [5.74, 6) is -1.47. The molecule has 1 N–H and O–H groups in total. The van der Waals surface area contributed by atoms with Gasteiger partial charge in [0.25, 0.3) is 10.0 Å². The van der Waals surface area contributed by atoms with E-state index < -0.39 is 22.3 Å². The second kappa shape index (κ2) is 5.67. The lowest BCUT2D eigenvalue weighted by Gasteiger charge is -2.06. The Morgan fingerprint density at radius 2 is 1.58 bits per heavy atom. The molecule has 2 aromatic carbocycles. The number of carbonyl (C=O) groups excluding carboxylic acids is 1. The monoisotopic (exact) mass is 278 g/mol. The first-order chi connectivity index (χ1) is 10.3. The summed E-state index contributed by atoms with van der Waals surface area (Å²) in [7, 11) is -4.42. The van der Waals surface area contributed by atoms with Crippen molar-refractivity contribution in [1.29, 1.82) is 0 Å². The molecule has 0 heterocycles. The van der Waals surface area contributed by atoms with Crippen molar-refractivity contribution in [3.63, 3.8) is 0 Å². The zero-order valence-corrected chi connectivity index (χ0v) is 10.7. The van der Waals surface area contributed by atoms with Crippen molar-refractivity contribution in [1.82, 2.24) is 4.72 Å². The molecule has 0 aliphatic heterocycles. The highest BCUT2D eigenvalue weighted by Crippen LogP contribution is 2.07. The molecule has 4 nitrogen and oxygen atoms in total. The highest BCUT2D eigenvalue weighted by molar-refractivity contribution is 7.90. The van der Waals surface area contributed by atoms with Crippen LogP contribution in [0.4, 0.5) is 0 Å². The fraction of sp³-hybridized carbons (Fsp3) is 0.0714. The van der Waals surface area contributed by atoms with Crippen LogP contribution >= 0.6 is 0 Å². The molecule has 0 saturated carbocycles. The van der Waals surface area contributed by atoms with E-state index in [0.717, 1.165) is 0 Å². The van der Waals surface area contributed by atoms with Crippen LogP contribution in [0.5, 0.6) is 0 Å². The zero-order chi connectivity index (χ0) is 16.4. The SMILES string of the molecule is [2H]N(C(=O)C([2H])([2H])c1ccccc1)S(=O)(=O)c1ccccc1. The minimum absolute atomic E-state index is 0.0134. The Bertz CT molecular complexity index is 764. The molecule has 0 spiro atoms. The number of hydrogen-bond acceptors (Lipinski definition) is 3. The predicted octanol–water partition coefficient (Wildman–Crippen LogP) is 1.73. The summed E-state index contributed by atoms with van der Waals surface area (Å²) in [6.45, 7) is 0. The Hall–Kier alpha value is -2.14. The number of amides is 1. The summed E-state index contributed by atoms with van der Waals surface area (Å²) in [6.07, 6.45) is -2.62. The molecule has 19 heavy (non-hydrogen) atoms. The maximum atomic E-state index is 12.2. The molecule has 98 valence electrons. The number of carbonyl (C=O) groups is 1. The van der Waals surface area contributed by atoms with Crippen LogP contribution in [0.15, 0.2) is 65.6 Å². The van der Waals surface area contributed by atoms with Crippen molar-refractivity contribution < 1.29 is 17.4 Å². The summed E-state index contributed by atoms with van der Waals surface area (Å²) >= 11 is 0. The first-order valence-electron chi connectivity index (χ1n) is 6.92. The van der Waals surface area contributed by atoms with Crippen LogP contribution in [0.3, 0.4) is 0 Å². The van der Waals surface area contributed by atoms with E-state index in [1.807, 2.05) is 0 Å². The molecule has 0 aromatic heterocycles. The molecule has 0 unspecified atom stereocenters. The van der Waals surface area contributed by atoms with Crippen molar-refractivity contribution >= 4 is 15.9 Å². The van der Waals surface area contributed by atoms with Gasteiger partial charge < -0.3 is 0 Å². The van der Waals surface area contributed by atoms with Gasteiger partial charge in [-0.3, -0.25) is 4.79 Å². The maximum Gasteiger partial charge on any atom is 0.264 e. The highest BCUT2D eigenvalue weighted by Gasteiger charge is 2.16. The van der Waals surface area contributed by atoms with Gasteiger partial charge in [-0.1, -0.05) is 48.5 Å². The first kappa shape index (κ1) is 9.75. The molecule has 2 aromatic rings. The van der Waals surface area contributed by atoms with Crippen LogP contribution < -0.4 is 4.72 Å². The van der Waals surface area contributed by atoms with Gasteiger partial charge in [0.1, 0.15) is 0 Å². The number of sulfonamides is 1. The Morgan fingerprint density at radius 1 is 1.05 bits per heavy atom. The van der Waals surface area contributed by atoms with Crippen molar-refractivity contribution in [3.8, 4) is 0 Å². The Morgan fingerprint density at radius 3 is 2.16 bits per heavy atom. The average molecular weight is 278 g/mol. The minimum atomic E-state index is -4.42. The molecule has 0 aliphatic carbocycles. The summed E-state index contributed by atoms with van der Waals surface area (Å²) < 4.78 is 47.4. The lowest BCUT2D eigenvalue weighted by atomic mass is 10.1. The van der Waals surface area contributed by atoms with Gasteiger partial charge in [0.15, 0.2) is 1.41 Å².